The summed E-state index contributed by atoms with van der Waals surface area (Å²) in [4.78, 5) is 12.3. The van der Waals surface area contributed by atoms with Crippen LogP contribution < -0.4 is 15.2 Å². The van der Waals surface area contributed by atoms with Crippen molar-refractivity contribution >= 4 is 40.7 Å². The second-order valence-corrected chi connectivity index (χ2v) is 7.65. The van der Waals surface area contributed by atoms with Gasteiger partial charge >= 0.3 is 5.97 Å². The number of amidine groups is 1. The van der Waals surface area contributed by atoms with Crippen molar-refractivity contribution in [3.8, 4) is 11.5 Å². The highest BCUT2D eigenvalue weighted by molar-refractivity contribution is 8.13. The number of halogens is 1. The lowest BCUT2D eigenvalue weighted by molar-refractivity contribution is 0.0730. The Labute approximate surface area is 189 Å². The molecule has 0 saturated carbocycles. The zero-order valence-electron chi connectivity index (χ0n) is 16.7. The molecule has 8 heteroatoms. The zero-order valence-corrected chi connectivity index (χ0v) is 18.3. The average molecular weight is 454 g/mol. The molecule has 2 N–H and O–H groups in total. The van der Waals surface area contributed by atoms with Crippen molar-refractivity contribution in [3.63, 3.8) is 0 Å². The summed E-state index contributed by atoms with van der Waals surface area (Å²) in [6.45, 7) is 0. The Kier molecular flexibility index (Phi) is 8.09. The predicted molar refractivity (Wildman–Crippen MR) is 126 cm³/mol. The van der Waals surface area contributed by atoms with Gasteiger partial charge in [0.15, 0.2) is 16.7 Å². The van der Waals surface area contributed by atoms with Crippen molar-refractivity contribution in [3.05, 3.63) is 94.5 Å². The molecule has 0 heterocycles. The van der Waals surface area contributed by atoms with Gasteiger partial charge < -0.3 is 15.2 Å². The molecule has 3 aromatic carbocycles. The minimum Gasteiger partial charge on any atom is -0.493 e. The van der Waals surface area contributed by atoms with Gasteiger partial charge in [0.05, 0.1) is 23.9 Å². The summed E-state index contributed by atoms with van der Waals surface area (Å²) in [5.41, 5.74) is 8.07. The van der Waals surface area contributed by atoms with Gasteiger partial charge in [-0.05, 0) is 29.8 Å². The van der Waals surface area contributed by atoms with Crippen molar-refractivity contribution in [2.45, 2.75) is 5.75 Å². The molecule has 0 unspecified atom stereocenters. The van der Waals surface area contributed by atoms with E-state index in [1.165, 1.54) is 25.1 Å². The molecular formula is C23H20ClN3O3S. The van der Waals surface area contributed by atoms with E-state index in [0.29, 0.717) is 27.8 Å². The van der Waals surface area contributed by atoms with E-state index in [-0.39, 0.29) is 10.8 Å². The van der Waals surface area contributed by atoms with E-state index in [1.807, 2.05) is 36.4 Å². The monoisotopic (exact) mass is 453 g/mol. The number of nitrogens with two attached hydrogens (primary N) is 1. The summed E-state index contributed by atoms with van der Waals surface area (Å²) in [5.74, 6) is 0.604. The molecule has 3 aromatic rings. The molecule has 158 valence electrons. The summed E-state index contributed by atoms with van der Waals surface area (Å²) in [6, 6.07) is 21.8. The average Bonchev–Trinajstić information content (AvgIpc) is 2.80. The van der Waals surface area contributed by atoms with Crippen LogP contribution in [0.1, 0.15) is 21.5 Å². The van der Waals surface area contributed by atoms with E-state index in [0.717, 1.165) is 5.56 Å². The number of esters is 1. The zero-order chi connectivity index (χ0) is 22.1. The molecule has 0 amide bonds. The second-order valence-electron chi connectivity index (χ2n) is 6.25. The Morgan fingerprint density at radius 3 is 2.45 bits per heavy atom. The van der Waals surface area contributed by atoms with Crippen molar-refractivity contribution < 1.29 is 14.3 Å². The highest BCUT2D eigenvalue weighted by Crippen LogP contribution is 2.36. The molecule has 6 nitrogen and oxygen atoms in total. The van der Waals surface area contributed by atoms with Crippen LogP contribution in [0.3, 0.4) is 0 Å². The number of hydrogen-bond acceptors (Lipinski definition) is 6. The van der Waals surface area contributed by atoms with Crippen LogP contribution in [0.15, 0.2) is 83.0 Å². The van der Waals surface area contributed by atoms with Crippen molar-refractivity contribution in [2.75, 3.05) is 7.11 Å². The van der Waals surface area contributed by atoms with Gasteiger partial charge in [-0.3, -0.25) is 0 Å². The van der Waals surface area contributed by atoms with E-state index < -0.39 is 5.97 Å². The van der Waals surface area contributed by atoms with Gasteiger partial charge in [-0.2, -0.15) is 5.10 Å². The maximum atomic E-state index is 12.3. The lowest BCUT2D eigenvalue weighted by Crippen LogP contribution is -2.09. The quantitative estimate of drug-likeness (QED) is 0.176. The first-order valence-corrected chi connectivity index (χ1v) is 10.6. The molecule has 0 saturated heterocycles. The third-order valence-electron chi connectivity index (χ3n) is 4.05. The lowest BCUT2D eigenvalue weighted by Gasteiger charge is -2.11. The molecule has 31 heavy (non-hydrogen) atoms. The van der Waals surface area contributed by atoms with Gasteiger partial charge in [0.1, 0.15) is 0 Å². The van der Waals surface area contributed by atoms with Crippen LogP contribution >= 0.6 is 23.4 Å². The van der Waals surface area contributed by atoms with Crippen LogP contribution in [0.25, 0.3) is 0 Å². The number of rotatable bonds is 7. The van der Waals surface area contributed by atoms with E-state index in [4.69, 9.17) is 26.8 Å². The molecule has 3 rings (SSSR count). The fourth-order valence-electron chi connectivity index (χ4n) is 2.55. The Balaban J connectivity index is 1.68. The van der Waals surface area contributed by atoms with Crippen molar-refractivity contribution in [1.29, 1.82) is 0 Å². The number of carbonyl (C=O) groups excluding carboxylic acids is 1. The fourth-order valence-corrected chi connectivity index (χ4v) is 3.42. The molecular weight excluding hydrogens is 434 g/mol. The Hall–Kier alpha value is -3.29. The van der Waals surface area contributed by atoms with E-state index >= 15 is 0 Å². The molecule has 0 bridgehead atoms. The molecule has 0 aliphatic carbocycles. The van der Waals surface area contributed by atoms with Crippen LogP contribution in [-0.4, -0.2) is 24.5 Å². The Morgan fingerprint density at radius 2 is 1.77 bits per heavy atom. The Bertz CT molecular complexity index is 1090. The first kappa shape index (κ1) is 22.4. The van der Waals surface area contributed by atoms with Gasteiger partial charge in [0.25, 0.3) is 0 Å². The van der Waals surface area contributed by atoms with Crippen molar-refractivity contribution in [2.24, 2.45) is 15.9 Å². The summed E-state index contributed by atoms with van der Waals surface area (Å²) < 4.78 is 10.8. The van der Waals surface area contributed by atoms with Crippen molar-refractivity contribution in [1.82, 2.24) is 0 Å². The summed E-state index contributed by atoms with van der Waals surface area (Å²) in [6.07, 6.45) is 1.49. The number of thioether (sulfide) groups is 1. The SMILES string of the molecule is COc1cc(C=NN=C(N)SCc2ccccc2)cc(Cl)c1OC(=O)c1ccccc1. The number of methoxy groups -OCH3 is 1. The van der Waals surface area contributed by atoms with E-state index in [9.17, 15) is 4.79 Å². The topological polar surface area (TPSA) is 86.3 Å². The molecule has 0 aliphatic heterocycles. The smallest absolute Gasteiger partial charge is 0.343 e. The number of nitrogens with zero attached hydrogens (tertiary/aromatic N) is 2. The number of hydrogen-bond donors (Lipinski definition) is 1. The van der Waals surface area contributed by atoms with Gasteiger partial charge in [0.2, 0.25) is 0 Å². The molecule has 0 aromatic heterocycles. The minimum absolute atomic E-state index is 0.136. The number of benzene rings is 3. The van der Waals surface area contributed by atoms with Gasteiger partial charge in [-0.15, -0.1) is 5.10 Å². The van der Waals surface area contributed by atoms with Gasteiger partial charge in [-0.25, -0.2) is 4.79 Å². The highest BCUT2D eigenvalue weighted by Gasteiger charge is 2.16. The largest absolute Gasteiger partial charge is 0.493 e. The lowest BCUT2D eigenvalue weighted by atomic mass is 10.2. The van der Waals surface area contributed by atoms with Crippen LogP contribution in [0.4, 0.5) is 0 Å². The summed E-state index contributed by atoms with van der Waals surface area (Å²) in [5, 5.41) is 8.54. The third-order valence-corrected chi connectivity index (χ3v) is 5.18. The van der Waals surface area contributed by atoms with Crippen LogP contribution in [0.2, 0.25) is 5.02 Å². The van der Waals surface area contributed by atoms with Crippen LogP contribution in [0.5, 0.6) is 11.5 Å². The molecule has 0 radical (unpaired) electrons. The molecule has 0 atom stereocenters. The summed E-state index contributed by atoms with van der Waals surface area (Å²) in [7, 11) is 1.46. The first-order valence-electron chi connectivity index (χ1n) is 9.25. The molecule has 0 spiro atoms. The molecule has 0 aliphatic rings. The third kappa shape index (κ3) is 6.60. The minimum atomic E-state index is -0.532. The highest BCUT2D eigenvalue weighted by atomic mass is 35.5. The maximum absolute atomic E-state index is 12.3. The van der Waals surface area contributed by atoms with E-state index in [2.05, 4.69) is 10.2 Å². The van der Waals surface area contributed by atoms with Crippen LogP contribution in [0, 0.1) is 0 Å². The van der Waals surface area contributed by atoms with E-state index in [1.54, 1.807) is 36.4 Å². The van der Waals surface area contributed by atoms with Gasteiger partial charge in [-0.1, -0.05) is 71.9 Å². The number of carbonyl (C=O) groups is 1. The first-order chi connectivity index (χ1) is 15.1. The fraction of sp³-hybridized carbons (Fsp3) is 0.0870. The normalized spacial score (nSPS) is 11.5. The van der Waals surface area contributed by atoms with Crippen LogP contribution in [-0.2, 0) is 5.75 Å². The second kappa shape index (κ2) is 11.2. The number of ether oxygens (including phenoxy) is 2. The predicted octanol–water partition coefficient (Wildman–Crippen LogP) is 5.15. The standard InChI is InChI=1S/C23H20ClN3O3S/c1-29-20-13-17(14-26-27-23(25)31-15-16-8-4-2-5-9-16)12-19(24)21(20)30-22(28)18-10-6-3-7-11-18/h2-14H,15H2,1H3,(H2,25,27). The maximum Gasteiger partial charge on any atom is 0.343 e. The summed E-state index contributed by atoms with van der Waals surface area (Å²) >= 11 is 7.71. The Morgan fingerprint density at radius 1 is 1.10 bits per heavy atom. The molecule has 0 fully saturated rings. The van der Waals surface area contributed by atoms with Gasteiger partial charge in [0, 0.05) is 11.3 Å².